The number of hydrogen-bond acceptors (Lipinski definition) is 5. The predicted molar refractivity (Wildman–Crippen MR) is 106 cm³/mol. The molecule has 1 saturated heterocycles. The first kappa shape index (κ1) is 18.3. The van der Waals surface area contributed by atoms with Gasteiger partial charge < -0.3 is 25.0 Å². The van der Waals surface area contributed by atoms with Gasteiger partial charge in [-0.25, -0.2) is 9.18 Å². The molecule has 3 heterocycles. The third kappa shape index (κ3) is 2.63. The summed E-state index contributed by atoms with van der Waals surface area (Å²) in [6, 6.07) is 1.13. The number of nitrogens with zero attached hydrogens (tertiary/aromatic N) is 2. The van der Waals surface area contributed by atoms with Gasteiger partial charge in [-0.3, -0.25) is 4.79 Å². The van der Waals surface area contributed by atoms with Crippen molar-refractivity contribution >= 4 is 22.6 Å². The molecule has 8 heteroatoms. The molecule has 1 aromatic carbocycles. The Morgan fingerprint density at radius 2 is 2.17 bits per heavy atom. The third-order valence-corrected chi connectivity index (χ3v) is 6.53. The van der Waals surface area contributed by atoms with E-state index in [1.54, 1.807) is 11.5 Å². The van der Waals surface area contributed by atoms with Crippen molar-refractivity contribution in [3.05, 3.63) is 51.6 Å². The lowest BCUT2D eigenvalue weighted by Gasteiger charge is -2.31. The summed E-state index contributed by atoms with van der Waals surface area (Å²) in [4.78, 5) is 26.2. The predicted octanol–water partition coefficient (Wildman–Crippen LogP) is 2.23. The number of carboxylic acids is 1. The first-order valence-corrected chi connectivity index (χ1v) is 9.79. The molecule has 1 aliphatic carbocycles. The molecule has 29 heavy (non-hydrogen) atoms. The molecule has 7 nitrogen and oxygen atoms in total. The van der Waals surface area contributed by atoms with Gasteiger partial charge in [0.25, 0.3) is 0 Å². The lowest BCUT2D eigenvalue weighted by atomic mass is 9.83. The average Bonchev–Trinajstić information content (AvgIpc) is 3.10. The second-order valence-corrected chi connectivity index (χ2v) is 8.15. The van der Waals surface area contributed by atoms with Gasteiger partial charge in [0, 0.05) is 30.9 Å². The zero-order chi connectivity index (χ0) is 20.4. The van der Waals surface area contributed by atoms with Crippen molar-refractivity contribution in [3.63, 3.8) is 0 Å². The average molecular weight is 399 g/mol. The minimum absolute atomic E-state index is 0.0498. The Morgan fingerprint density at radius 3 is 2.90 bits per heavy atom. The van der Waals surface area contributed by atoms with Gasteiger partial charge in [-0.2, -0.15) is 0 Å². The molecule has 4 unspecified atom stereocenters. The highest BCUT2D eigenvalue weighted by Crippen LogP contribution is 2.41. The number of ether oxygens (including phenoxy) is 1. The number of hydrogen-bond donors (Lipinski definition) is 2. The van der Waals surface area contributed by atoms with Gasteiger partial charge in [0.15, 0.2) is 0 Å². The number of aromatic nitrogens is 1. The van der Waals surface area contributed by atoms with Crippen molar-refractivity contribution in [2.75, 3.05) is 18.0 Å². The van der Waals surface area contributed by atoms with Crippen LogP contribution in [0.15, 0.2) is 29.2 Å². The smallest absolute Gasteiger partial charge is 0.341 e. The number of carbonyl (C=O) groups is 1. The van der Waals surface area contributed by atoms with E-state index in [2.05, 4.69) is 6.08 Å². The van der Waals surface area contributed by atoms with E-state index >= 15 is 4.39 Å². The van der Waals surface area contributed by atoms with Gasteiger partial charge in [-0.15, -0.1) is 0 Å². The monoisotopic (exact) mass is 399 g/mol. The summed E-state index contributed by atoms with van der Waals surface area (Å²) in [6.07, 6.45) is 5.86. The van der Waals surface area contributed by atoms with Gasteiger partial charge in [0.1, 0.15) is 17.6 Å². The number of halogens is 1. The fourth-order valence-corrected chi connectivity index (χ4v) is 5.08. The molecule has 0 saturated carbocycles. The number of allylic oxidation sites excluding steroid dienone is 1. The largest absolute Gasteiger partial charge is 0.477 e. The molecule has 2 aliphatic heterocycles. The lowest BCUT2D eigenvalue weighted by Crippen LogP contribution is -2.35. The van der Waals surface area contributed by atoms with Crippen molar-refractivity contribution in [1.29, 1.82) is 0 Å². The number of nitrogens with two attached hydrogens (primary N) is 1. The van der Waals surface area contributed by atoms with E-state index in [9.17, 15) is 14.7 Å². The minimum Gasteiger partial charge on any atom is -0.477 e. The van der Waals surface area contributed by atoms with Crippen LogP contribution in [-0.2, 0) is 11.3 Å². The van der Waals surface area contributed by atoms with Gasteiger partial charge in [0.2, 0.25) is 5.43 Å². The number of pyridine rings is 1. The number of benzene rings is 1. The Morgan fingerprint density at radius 1 is 1.38 bits per heavy atom. The zero-order valence-corrected chi connectivity index (χ0v) is 16.0. The molecule has 3 N–H and O–H groups in total. The van der Waals surface area contributed by atoms with Crippen LogP contribution >= 0.6 is 0 Å². The van der Waals surface area contributed by atoms with Crippen LogP contribution in [0, 0.1) is 17.7 Å². The van der Waals surface area contributed by atoms with Crippen LogP contribution in [0.4, 0.5) is 10.1 Å². The van der Waals surface area contributed by atoms with E-state index in [-0.39, 0.29) is 24.0 Å². The lowest BCUT2D eigenvalue weighted by molar-refractivity contribution is -0.00180. The van der Waals surface area contributed by atoms with E-state index in [0.717, 1.165) is 6.42 Å². The van der Waals surface area contributed by atoms with Crippen LogP contribution in [0.1, 0.15) is 35.5 Å². The third-order valence-electron chi connectivity index (χ3n) is 6.53. The second kappa shape index (κ2) is 6.40. The summed E-state index contributed by atoms with van der Waals surface area (Å²) in [5.41, 5.74) is 6.75. The molecule has 4 atom stereocenters. The summed E-state index contributed by atoms with van der Waals surface area (Å²) in [5, 5.41) is 9.46. The topological polar surface area (TPSA) is 97.8 Å². The quantitative estimate of drug-likeness (QED) is 0.752. The maximum absolute atomic E-state index is 15.3. The molecule has 0 radical (unpaired) electrons. The van der Waals surface area contributed by atoms with Crippen LogP contribution in [0.2, 0.25) is 0 Å². The van der Waals surface area contributed by atoms with Gasteiger partial charge in [-0.05, 0) is 31.2 Å². The van der Waals surface area contributed by atoms with Crippen LogP contribution in [0.3, 0.4) is 0 Å². The van der Waals surface area contributed by atoms with Crippen LogP contribution in [-0.4, -0.2) is 34.8 Å². The van der Waals surface area contributed by atoms with Crippen molar-refractivity contribution in [2.24, 2.45) is 17.6 Å². The molecule has 0 bridgehead atoms. The van der Waals surface area contributed by atoms with Crippen LogP contribution in [0.5, 0.6) is 0 Å². The van der Waals surface area contributed by atoms with E-state index < -0.39 is 29.0 Å². The standard InChI is InChI=1S/C21H22FN3O4/c1-10-25-8-14(21(27)28)20(26)12-5-16(22)19(15(9-29-10)18(12)25)24-6-11-3-2-4-17(23)13(11)7-24/h2,4-5,8,10-11,13,17H,3,6-7,9,23H2,1H3,(H,27,28). The summed E-state index contributed by atoms with van der Waals surface area (Å²) < 4.78 is 22.7. The molecule has 1 aromatic heterocycles. The molecule has 1 fully saturated rings. The normalized spacial score (nSPS) is 28.0. The Balaban J connectivity index is 1.71. The highest BCUT2D eigenvalue weighted by atomic mass is 19.1. The number of fused-ring (bicyclic) bond motifs is 1. The maximum Gasteiger partial charge on any atom is 0.341 e. The first-order chi connectivity index (χ1) is 13.9. The van der Waals surface area contributed by atoms with Crippen molar-refractivity contribution in [2.45, 2.75) is 32.2 Å². The van der Waals surface area contributed by atoms with Crippen molar-refractivity contribution < 1.29 is 19.0 Å². The molecular weight excluding hydrogens is 377 g/mol. The van der Waals surface area contributed by atoms with Gasteiger partial charge in [-0.1, -0.05) is 12.2 Å². The molecule has 2 aromatic rings. The first-order valence-electron chi connectivity index (χ1n) is 9.79. The molecule has 3 aliphatic rings. The Kier molecular flexibility index (Phi) is 4.04. The zero-order valence-electron chi connectivity index (χ0n) is 16.0. The molecule has 5 rings (SSSR count). The number of anilines is 1. The Bertz CT molecular complexity index is 1130. The highest BCUT2D eigenvalue weighted by Gasteiger charge is 2.39. The van der Waals surface area contributed by atoms with E-state index in [4.69, 9.17) is 10.5 Å². The minimum atomic E-state index is -1.34. The molecule has 0 spiro atoms. The Labute approximate surface area is 166 Å². The number of aromatic carboxylic acids is 1. The van der Waals surface area contributed by atoms with Gasteiger partial charge >= 0.3 is 5.97 Å². The maximum atomic E-state index is 15.3. The van der Waals surface area contributed by atoms with Crippen LogP contribution < -0.4 is 16.1 Å². The van der Waals surface area contributed by atoms with E-state index in [1.165, 1.54) is 12.3 Å². The number of carboxylic acid groups (broad SMARTS) is 1. The number of rotatable bonds is 2. The molecule has 0 amide bonds. The fraction of sp³-hybridized carbons (Fsp3) is 0.429. The van der Waals surface area contributed by atoms with Crippen molar-refractivity contribution in [3.8, 4) is 0 Å². The second-order valence-electron chi connectivity index (χ2n) is 8.15. The Hall–Kier alpha value is -2.71. The summed E-state index contributed by atoms with van der Waals surface area (Å²) >= 11 is 0. The summed E-state index contributed by atoms with van der Waals surface area (Å²) in [6.45, 7) is 3.26. The summed E-state index contributed by atoms with van der Waals surface area (Å²) in [7, 11) is 0. The highest BCUT2D eigenvalue weighted by molar-refractivity contribution is 5.95. The summed E-state index contributed by atoms with van der Waals surface area (Å²) in [5.74, 6) is -1.26. The van der Waals surface area contributed by atoms with Crippen molar-refractivity contribution in [1.82, 2.24) is 4.57 Å². The van der Waals surface area contributed by atoms with Gasteiger partial charge in [0.05, 0.1) is 23.2 Å². The van der Waals surface area contributed by atoms with E-state index in [1.807, 2.05) is 11.0 Å². The molecule has 152 valence electrons. The van der Waals surface area contributed by atoms with E-state index in [0.29, 0.717) is 35.8 Å². The van der Waals surface area contributed by atoms with Crippen LogP contribution in [0.25, 0.3) is 10.9 Å². The SMILES string of the molecule is CC1OCc2c(N3CC4CC=CC(N)C4C3)c(F)cc3c(=O)c(C(=O)O)cn1c23. The fourth-order valence-electron chi connectivity index (χ4n) is 5.08. The molecular formula is C21H22FN3O4.